The van der Waals surface area contributed by atoms with Gasteiger partial charge in [-0.15, -0.1) is 39.6 Å². The van der Waals surface area contributed by atoms with Crippen LogP contribution in [0.2, 0.25) is 0 Å². The second-order valence-electron chi connectivity index (χ2n) is 18.3. The van der Waals surface area contributed by atoms with Crippen LogP contribution in [0.15, 0.2) is 142 Å². The van der Waals surface area contributed by atoms with E-state index in [0.717, 1.165) is 93.9 Å². The lowest BCUT2D eigenvalue weighted by atomic mass is 10.0. The molecule has 0 saturated heterocycles. The summed E-state index contributed by atoms with van der Waals surface area (Å²) in [5.74, 6) is 21.1. The van der Waals surface area contributed by atoms with Gasteiger partial charge in [0, 0.05) is 59.1 Å². The van der Waals surface area contributed by atoms with Crippen molar-refractivity contribution in [3.63, 3.8) is 0 Å². The quantitative estimate of drug-likeness (QED) is 0.00471. The molecule has 5 atom stereocenters. The second-order valence-corrected chi connectivity index (χ2v) is 23.5. The summed E-state index contributed by atoms with van der Waals surface area (Å²) in [6.07, 6.45) is 0.103. The van der Waals surface area contributed by atoms with Crippen molar-refractivity contribution in [3.8, 4) is 51.7 Å². The van der Waals surface area contributed by atoms with Crippen LogP contribution < -0.4 is 76.3 Å². The standard InChI is InChI=1S/C20H27ClN2O5S.C20H28N2O6S.C20H28N2O5S.Cl2OS/c1-4-25-16-7-5-6-8-17(16)26-12-11-23-14(2)20(21)15-9-10-18(24-3)19(13-15)29-28-27-22;1-4-25-16-7-5-6-8-17(16)26-12-11-22-14(2)20(23)15-9-10-18(24-3)19(13-15)29-28-27-21;1-4-24-17-7-5-6-8-18(17)25-12-11-22-15(2)13-16-9-10-19(23-3)20(14-16)28-27-26-21;1-4(2)3/h5-10,13-14,20,23H,4,11-12,22H2,1-3H3;5-10,13-14,20,22-23H,4,11-12,21H2,1-3H3;5-10,14-15,22H,4,11-13,21H2,1-3H3;. The van der Waals surface area contributed by atoms with Crippen LogP contribution in [0.5, 0.6) is 51.7 Å². The zero-order valence-corrected chi connectivity index (χ0v) is 57.1. The molecule has 5 unspecified atom stereocenters. The van der Waals surface area contributed by atoms with Crippen LogP contribution in [0.1, 0.15) is 69.7 Å². The number of benzene rings is 6. The first-order chi connectivity index (χ1) is 43.6. The summed E-state index contributed by atoms with van der Waals surface area (Å²) in [7, 11) is 12.1. The molecular weight excluding hydrogens is 1310 g/mol. The number of halogens is 3. The number of aliphatic hydroxyl groups excluding tert-OH is 1. The SMILES string of the molecule is CCOc1ccccc1OCCNC(C)C(Cl)c1ccc(OC)c(SOON)c1.CCOc1ccccc1OCCNC(C)C(O)c1ccc(OC)c(SOON)c1.CCOc1ccccc1OCCNC(C)Cc1ccc(OC)c(SOON)c1.O=S(Cl)Cl. The zero-order valence-electron chi connectivity index (χ0n) is 51.6. The Hall–Kier alpha value is -4.93. The fourth-order valence-corrected chi connectivity index (χ4v) is 9.90. The monoisotopic (exact) mass is 1390 g/mol. The van der Waals surface area contributed by atoms with Crippen molar-refractivity contribution in [2.45, 2.75) is 92.3 Å². The minimum Gasteiger partial charge on any atom is -0.495 e. The van der Waals surface area contributed by atoms with E-state index in [9.17, 15) is 5.11 Å². The van der Waals surface area contributed by atoms with Crippen molar-refractivity contribution in [3.05, 3.63) is 144 Å². The van der Waals surface area contributed by atoms with Gasteiger partial charge in [0.25, 0.3) is 0 Å². The molecule has 0 bridgehead atoms. The van der Waals surface area contributed by atoms with E-state index < -0.39 is 15.3 Å². The van der Waals surface area contributed by atoms with Crippen molar-refractivity contribution in [1.29, 1.82) is 0 Å². The third-order valence-electron chi connectivity index (χ3n) is 12.2. The van der Waals surface area contributed by atoms with Crippen LogP contribution in [0, 0.1) is 0 Å². The summed E-state index contributed by atoms with van der Waals surface area (Å²) in [5.41, 5.74) is 2.77. The Kier molecular flexibility index (Phi) is 42.2. The fraction of sp³-hybridized carbons (Fsp3) is 0.400. The second kappa shape index (κ2) is 47.9. The molecule has 0 aliphatic carbocycles. The number of alkyl halides is 1. The van der Waals surface area contributed by atoms with Gasteiger partial charge in [0.15, 0.2) is 34.5 Å². The van der Waals surface area contributed by atoms with Crippen LogP contribution in [0.3, 0.4) is 0 Å². The van der Waals surface area contributed by atoms with Gasteiger partial charge < -0.3 is 63.7 Å². The maximum Gasteiger partial charge on any atom is 0.211 e. The Morgan fingerprint density at radius 3 is 1.19 bits per heavy atom. The number of ether oxygens (including phenoxy) is 9. The van der Waals surface area contributed by atoms with Crippen molar-refractivity contribution >= 4 is 78.3 Å². The molecule has 90 heavy (non-hydrogen) atoms. The molecule has 0 spiro atoms. The van der Waals surface area contributed by atoms with Crippen LogP contribution >= 0.6 is 69.1 Å². The molecule has 23 nitrogen and oxygen atoms in total. The molecule has 0 aromatic heterocycles. The van der Waals surface area contributed by atoms with E-state index in [0.29, 0.717) is 91.1 Å². The largest absolute Gasteiger partial charge is 0.495 e. The highest BCUT2D eigenvalue weighted by molar-refractivity contribution is 8.26. The maximum absolute atomic E-state index is 10.7. The van der Waals surface area contributed by atoms with E-state index in [4.69, 9.17) is 89.1 Å². The number of hydrogen-bond donors (Lipinski definition) is 7. The van der Waals surface area contributed by atoms with E-state index in [1.165, 1.54) is 0 Å². The van der Waals surface area contributed by atoms with E-state index in [-0.39, 0.29) is 23.5 Å². The molecule has 0 radical (unpaired) electrons. The summed E-state index contributed by atoms with van der Waals surface area (Å²) in [5, 5.41) is 20.5. The number of nitrogens with two attached hydrogens (primary N) is 3. The Bertz CT molecular complexity index is 2800. The summed E-state index contributed by atoms with van der Waals surface area (Å²) < 4.78 is 73.3. The number of hydrogen-bond acceptors (Lipinski definition) is 26. The average molecular weight is 1390 g/mol. The molecule has 0 saturated carbocycles. The van der Waals surface area contributed by atoms with E-state index in [1.54, 1.807) is 39.5 Å². The first-order valence-electron chi connectivity index (χ1n) is 28.0. The molecule has 0 heterocycles. The average Bonchev–Trinajstić information content (AvgIpc) is 3.12. The van der Waals surface area contributed by atoms with Gasteiger partial charge in [-0.1, -0.05) is 54.6 Å². The number of para-hydroxylation sites is 6. The van der Waals surface area contributed by atoms with Crippen molar-refractivity contribution in [1.82, 2.24) is 16.0 Å². The molecule has 0 aliphatic rings. The van der Waals surface area contributed by atoms with Crippen LogP contribution in [-0.2, 0) is 43.6 Å². The number of nitrogens with one attached hydrogen (secondary N) is 3. The molecular formula is C60H83Cl3N6O17S4. The predicted octanol–water partition coefficient (Wildman–Crippen LogP) is 11.8. The van der Waals surface area contributed by atoms with Crippen molar-refractivity contribution in [2.75, 3.05) is 80.6 Å². The minimum absolute atomic E-state index is 0.000300. The molecule has 500 valence electrons. The van der Waals surface area contributed by atoms with Gasteiger partial charge in [0.2, 0.25) is 9.23 Å². The molecule has 6 aromatic carbocycles. The van der Waals surface area contributed by atoms with Gasteiger partial charge in [-0.3, -0.25) is 0 Å². The van der Waals surface area contributed by atoms with Crippen molar-refractivity contribution < 1.29 is 79.9 Å². The highest BCUT2D eigenvalue weighted by atomic mass is 36.0. The predicted molar refractivity (Wildman–Crippen MR) is 354 cm³/mol. The van der Waals surface area contributed by atoms with E-state index >= 15 is 0 Å². The smallest absolute Gasteiger partial charge is 0.211 e. The Balaban J connectivity index is 0.000000342. The summed E-state index contributed by atoms with van der Waals surface area (Å²) in [4.78, 5) is 14.6. The lowest BCUT2D eigenvalue weighted by molar-refractivity contribution is -0.195. The van der Waals surface area contributed by atoms with Crippen molar-refractivity contribution in [2.24, 2.45) is 17.7 Å². The molecule has 0 amide bonds. The summed E-state index contributed by atoms with van der Waals surface area (Å²) in [6.45, 7) is 17.0. The fourth-order valence-electron chi connectivity index (χ4n) is 8.07. The van der Waals surface area contributed by atoms with Crippen LogP contribution in [0.4, 0.5) is 0 Å². The van der Waals surface area contributed by atoms with E-state index in [2.05, 4.69) is 59.2 Å². The Labute approximate surface area is 557 Å². The number of rotatable bonds is 39. The van der Waals surface area contributed by atoms with E-state index in [1.807, 2.05) is 144 Å². The summed E-state index contributed by atoms with van der Waals surface area (Å²) in [6, 6.07) is 39.8. The molecule has 0 fully saturated rings. The highest BCUT2D eigenvalue weighted by Crippen LogP contribution is 2.37. The maximum atomic E-state index is 10.7. The zero-order chi connectivity index (χ0) is 65.9. The van der Waals surface area contributed by atoms with Gasteiger partial charge in [-0.2, -0.15) is 17.7 Å². The molecule has 6 aromatic rings. The normalized spacial score (nSPS) is 12.5. The molecule has 6 rings (SSSR count). The number of aliphatic hydroxyl groups is 1. The highest BCUT2D eigenvalue weighted by Gasteiger charge is 2.21. The third kappa shape index (κ3) is 30.7. The van der Waals surface area contributed by atoms with Gasteiger partial charge in [-0.05, 0) is 137 Å². The van der Waals surface area contributed by atoms with Gasteiger partial charge in [-0.25, -0.2) is 4.21 Å². The minimum atomic E-state index is -1.67. The van der Waals surface area contributed by atoms with Crippen LogP contribution in [-0.4, -0.2) is 108 Å². The summed E-state index contributed by atoms with van der Waals surface area (Å²) >= 11 is 9.52. The lowest BCUT2D eigenvalue weighted by Crippen LogP contribution is -2.35. The van der Waals surface area contributed by atoms with Gasteiger partial charge in [0.05, 0.1) is 103 Å². The van der Waals surface area contributed by atoms with Gasteiger partial charge >= 0.3 is 0 Å². The molecule has 10 N–H and O–H groups in total. The third-order valence-corrected chi connectivity index (χ3v) is 14.7. The topological polar surface area (TPSA) is 290 Å². The Morgan fingerprint density at radius 2 is 0.811 bits per heavy atom. The first kappa shape index (κ1) is 79.3. The van der Waals surface area contributed by atoms with Crippen LogP contribution in [0.25, 0.3) is 0 Å². The number of methoxy groups -OCH3 is 3. The lowest BCUT2D eigenvalue weighted by Gasteiger charge is -2.22. The van der Waals surface area contributed by atoms with Gasteiger partial charge in [0.1, 0.15) is 37.1 Å². The molecule has 0 aliphatic heterocycles. The first-order valence-corrected chi connectivity index (χ1v) is 33.5. The molecule has 30 heteroatoms. The Morgan fingerprint density at radius 1 is 0.478 bits per heavy atom.